The van der Waals surface area contributed by atoms with Gasteiger partial charge in [-0.1, -0.05) is 12.1 Å². The lowest BCUT2D eigenvalue weighted by Crippen LogP contribution is -2.43. The van der Waals surface area contributed by atoms with E-state index in [-0.39, 0.29) is 12.5 Å². The van der Waals surface area contributed by atoms with E-state index in [4.69, 9.17) is 4.74 Å². The van der Waals surface area contributed by atoms with Crippen molar-refractivity contribution < 1.29 is 9.53 Å². The molecule has 0 radical (unpaired) electrons. The predicted molar refractivity (Wildman–Crippen MR) is 109 cm³/mol. The first-order valence-electron chi connectivity index (χ1n) is 9.11. The Hall–Kier alpha value is -1.89. The largest absolute Gasteiger partial charge is 0.497 e. The molecule has 1 saturated carbocycles. The summed E-state index contributed by atoms with van der Waals surface area (Å²) in [6.07, 6.45) is 5.70. The summed E-state index contributed by atoms with van der Waals surface area (Å²) in [5.41, 5.74) is 1.03. The van der Waals surface area contributed by atoms with E-state index in [0.717, 1.165) is 41.9 Å². The minimum absolute atomic E-state index is 0.0913. The maximum Gasteiger partial charge on any atom is 0.242 e. The van der Waals surface area contributed by atoms with Gasteiger partial charge < -0.3 is 20.7 Å². The van der Waals surface area contributed by atoms with Crippen molar-refractivity contribution in [1.29, 1.82) is 0 Å². The first kappa shape index (κ1) is 20.4. The number of benzene rings is 1. The molecule has 0 heterocycles. The Morgan fingerprint density at radius 3 is 2.65 bits per heavy atom. The summed E-state index contributed by atoms with van der Waals surface area (Å²) in [6.45, 7) is 3.41. The van der Waals surface area contributed by atoms with Gasteiger partial charge in [-0.2, -0.15) is 11.8 Å². The topological polar surface area (TPSA) is 74.8 Å². The van der Waals surface area contributed by atoms with Crippen molar-refractivity contribution in [3.63, 3.8) is 0 Å². The Labute approximate surface area is 160 Å². The fourth-order valence-electron chi connectivity index (χ4n) is 2.95. The molecule has 6 nitrogen and oxygen atoms in total. The van der Waals surface area contributed by atoms with E-state index in [1.165, 1.54) is 6.42 Å². The predicted octanol–water partition coefficient (Wildman–Crippen LogP) is 2.15. The van der Waals surface area contributed by atoms with Crippen LogP contribution in [0.25, 0.3) is 0 Å². The van der Waals surface area contributed by atoms with Crippen LogP contribution in [0.2, 0.25) is 0 Å². The zero-order valence-corrected chi connectivity index (χ0v) is 16.7. The van der Waals surface area contributed by atoms with Gasteiger partial charge in [-0.15, -0.1) is 0 Å². The molecular weight excluding hydrogens is 348 g/mol. The summed E-state index contributed by atoms with van der Waals surface area (Å²) in [4.78, 5) is 16.5. The maximum atomic E-state index is 12.1. The molecule has 3 N–H and O–H groups in total. The molecule has 1 fully saturated rings. The van der Waals surface area contributed by atoms with Gasteiger partial charge in [0.25, 0.3) is 0 Å². The summed E-state index contributed by atoms with van der Waals surface area (Å²) < 4.78 is 5.13. The van der Waals surface area contributed by atoms with Gasteiger partial charge >= 0.3 is 0 Å². The molecule has 1 aliphatic rings. The van der Waals surface area contributed by atoms with E-state index < -0.39 is 0 Å². The SMILES string of the molecule is CCNC(=NCC(=O)NCc1ccc(OC)cc1)NC1CCC(SC)C1. The number of hydrogen-bond acceptors (Lipinski definition) is 4. The van der Waals surface area contributed by atoms with Crippen LogP contribution >= 0.6 is 11.8 Å². The molecule has 26 heavy (non-hydrogen) atoms. The zero-order chi connectivity index (χ0) is 18.8. The standard InChI is InChI=1S/C19H30N4O2S/c1-4-20-19(23-15-7-10-17(11-15)26-3)22-13-18(24)21-12-14-5-8-16(25-2)9-6-14/h5-6,8-9,15,17H,4,7,10-13H2,1-3H3,(H,21,24)(H2,20,22,23). The molecule has 7 heteroatoms. The van der Waals surface area contributed by atoms with Crippen molar-refractivity contribution in [1.82, 2.24) is 16.0 Å². The average Bonchev–Trinajstić information content (AvgIpc) is 3.12. The summed E-state index contributed by atoms with van der Waals surface area (Å²) >= 11 is 1.93. The van der Waals surface area contributed by atoms with Crippen LogP contribution in [0.5, 0.6) is 5.75 Å². The smallest absolute Gasteiger partial charge is 0.242 e. The number of carbonyl (C=O) groups excluding carboxylic acids is 1. The molecule has 1 aromatic rings. The number of thioether (sulfide) groups is 1. The van der Waals surface area contributed by atoms with Gasteiger partial charge in [-0.25, -0.2) is 4.99 Å². The van der Waals surface area contributed by atoms with E-state index >= 15 is 0 Å². The highest BCUT2D eigenvalue weighted by Crippen LogP contribution is 2.27. The summed E-state index contributed by atoms with van der Waals surface area (Å²) in [5, 5.41) is 10.3. The number of methoxy groups -OCH3 is 1. The van der Waals surface area contributed by atoms with Crippen molar-refractivity contribution in [3.05, 3.63) is 29.8 Å². The first-order chi connectivity index (χ1) is 12.6. The fourth-order valence-corrected chi connectivity index (χ4v) is 3.75. The van der Waals surface area contributed by atoms with Crippen LogP contribution in [0.15, 0.2) is 29.3 Å². The number of hydrogen-bond donors (Lipinski definition) is 3. The summed E-state index contributed by atoms with van der Waals surface area (Å²) in [5.74, 6) is 1.44. The first-order valence-corrected chi connectivity index (χ1v) is 10.4. The molecule has 1 amide bonds. The Morgan fingerprint density at radius 1 is 1.27 bits per heavy atom. The van der Waals surface area contributed by atoms with Crippen molar-refractivity contribution in [2.45, 2.75) is 44.0 Å². The zero-order valence-electron chi connectivity index (χ0n) is 15.9. The number of aliphatic imine (C=N–C) groups is 1. The summed E-state index contributed by atoms with van der Waals surface area (Å²) in [7, 11) is 1.64. The Morgan fingerprint density at radius 2 is 2.04 bits per heavy atom. The number of carbonyl (C=O) groups is 1. The van der Waals surface area contributed by atoms with Crippen molar-refractivity contribution in [2.75, 3.05) is 26.5 Å². The van der Waals surface area contributed by atoms with Crippen LogP contribution in [0.1, 0.15) is 31.7 Å². The highest BCUT2D eigenvalue weighted by Gasteiger charge is 2.24. The lowest BCUT2D eigenvalue weighted by Gasteiger charge is -2.17. The van der Waals surface area contributed by atoms with Crippen molar-refractivity contribution >= 4 is 23.6 Å². The van der Waals surface area contributed by atoms with Gasteiger partial charge in [0.15, 0.2) is 5.96 Å². The maximum absolute atomic E-state index is 12.1. The van der Waals surface area contributed by atoms with Crippen molar-refractivity contribution in [3.8, 4) is 5.75 Å². The minimum atomic E-state index is -0.0913. The number of nitrogens with zero attached hydrogens (tertiary/aromatic N) is 1. The number of amides is 1. The minimum Gasteiger partial charge on any atom is -0.497 e. The van der Waals surface area contributed by atoms with E-state index in [1.807, 2.05) is 43.0 Å². The molecule has 1 aromatic carbocycles. The van der Waals surface area contributed by atoms with Gasteiger partial charge in [-0.3, -0.25) is 4.79 Å². The van der Waals surface area contributed by atoms with Crippen molar-refractivity contribution in [2.24, 2.45) is 4.99 Å². The molecule has 2 atom stereocenters. The van der Waals surface area contributed by atoms with Crippen LogP contribution in [0, 0.1) is 0 Å². The second kappa shape index (κ2) is 11.0. The second-order valence-electron chi connectivity index (χ2n) is 6.33. The van der Waals surface area contributed by atoms with E-state index in [2.05, 4.69) is 27.2 Å². The molecule has 0 saturated heterocycles. The lowest BCUT2D eigenvalue weighted by atomic mass is 10.2. The number of ether oxygens (including phenoxy) is 1. The molecule has 144 valence electrons. The van der Waals surface area contributed by atoms with Crippen LogP contribution in [-0.2, 0) is 11.3 Å². The van der Waals surface area contributed by atoms with Crippen LogP contribution < -0.4 is 20.7 Å². The Balaban J connectivity index is 1.78. The van der Waals surface area contributed by atoms with E-state index in [0.29, 0.717) is 12.6 Å². The molecule has 2 rings (SSSR count). The van der Waals surface area contributed by atoms with Crippen LogP contribution in [-0.4, -0.2) is 49.6 Å². The van der Waals surface area contributed by atoms with Gasteiger partial charge in [0.05, 0.1) is 7.11 Å². The number of rotatable bonds is 8. The third kappa shape index (κ3) is 6.78. The lowest BCUT2D eigenvalue weighted by molar-refractivity contribution is -0.119. The van der Waals surface area contributed by atoms with Crippen LogP contribution in [0.3, 0.4) is 0 Å². The Kier molecular flexibility index (Phi) is 8.61. The molecule has 2 unspecified atom stereocenters. The third-order valence-corrected chi connectivity index (χ3v) is 5.53. The molecule has 0 spiro atoms. The monoisotopic (exact) mass is 378 g/mol. The quantitative estimate of drug-likeness (QED) is 0.477. The molecule has 0 aliphatic heterocycles. The Bertz CT molecular complexity index is 592. The van der Waals surface area contributed by atoms with Gasteiger partial charge in [-0.05, 0) is 50.1 Å². The molecule has 1 aliphatic carbocycles. The second-order valence-corrected chi connectivity index (χ2v) is 7.47. The number of nitrogens with one attached hydrogen (secondary N) is 3. The molecular formula is C19H30N4O2S. The highest BCUT2D eigenvalue weighted by molar-refractivity contribution is 7.99. The molecule has 0 aromatic heterocycles. The van der Waals surface area contributed by atoms with Gasteiger partial charge in [0.1, 0.15) is 12.3 Å². The average molecular weight is 379 g/mol. The molecule has 0 bridgehead atoms. The van der Waals surface area contributed by atoms with E-state index in [9.17, 15) is 4.79 Å². The third-order valence-electron chi connectivity index (χ3n) is 4.43. The van der Waals surface area contributed by atoms with E-state index in [1.54, 1.807) is 7.11 Å². The van der Waals surface area contributed by atoms with Gasteiger partial charge in [0.2, 0.25) is 5.91 Å². The summed E-state index contributed by atoms with van der Waals surface area (Å²) in [6, 6.07) is 8.09. The number of guanidine groups is 1. The van der Waals surface area contributed by atoms with Gasteiger partial charge in [0, 0.05) is 24.4 Å². The highest BCUT2D eigenvalue weighted by atomic mass is 32.2. The normalized spacial score (nSPS) is 19.9. The fraction of sp³-hybridized carbons (Fsp3) is 0.579. The van der Waals surface area contributed by atoms with Crippen LogP contribution in [0.4, 0.5) is 0 Å².